The van der Waals surface area contributed by atoms with Crippen molar-refractivity contribution in [3.63, 3.8) is 0 Å². The van der Waals surface area contributed by atoms with Gasteiger partial charge in [-0.25, -0.2) is 0 Å². The monoisotopic (exact) mass is 296 g/mol. The van der Waals surface area contributed by atoms with Crippen LogP contribution in [0.5, 0.6) is 0 Å². The van der Waals surface area contributed by atoms with E-state index in [-0.39, 0.29) is 5.25 Å². The lowest BCUT2D eigenvalue weighted by molar-refractivity contribution is 0.0719. The van der Waals surface area contributed by atoms with Gasteiger partial charge in [-0.3, -0.25) is 0 Å². The number of hydrogen-bond donors (Lipinski definition) is 1. The van der Waals surface area contributed by atoms with Crippen molar-refractivity contribution in [2.24, 2.45) is 0 Å². The van der Waals surface area contributed by atoms with Crippen molar-refractivity contribution in [3.05, 3.63) is 78.4 Å². The second-order valence-corrected chi connectivity index (χ2v) is 6.69. The fraction of sp³-hybridized carbons (Fsp3) is 0.263. The fourth-order valence-corrected chi connectivity index (χ4v) is 4.09. The SMILES string of the molecule is OC1(C(Sc2ccccc2)c2ccccc2)C=CCCC1. The van der Waals surface area contributed by atoms with Gasteiger partial charge in [0.25, 0.3) is 0 Å². The van der Waals surface area contributed by atoms with Crippen LogP contribution in [0, 0.1) is 0 Å². The average molecular weight is 296 g/mol. The molecule has 1 aliphatic rings. The first-order valence-corrected chi connectivity index (χ1v) is 8.33. The van der Waals surface area contributed by atoms with Crippen LogP contribution in [0.4, 0.5) is 0 Å². The van der Waals surface area contributed by atoms with E-state index in [0.717, 1.165) is 19.3 Å². The highest BCUT2D eigenvalue weighted by atomic mass is 32.2. The van der Waals surface area contributed by atoms with E-state index < -0.39 is 5.60 Å². The number of hydrogen-bond acceptors (Lipinski definition) is 2. The lowest BCUT2D eigenvalue weighted by atomic mass is 9.85. The zero-order chi connectivity index (χ0) is 14.5. The molecular weight excluding hydrogens is 276 g/mol. The summed E-state index contributed by atoms with van der Waals surface area (Å²) in [5.74, 6) is 0. The Kier molecular flexibility index (Phi) is 4.47. The maximum absolute atomic E-state index is 11.1. The number of thioether (sulfide) groups is 1. The van der Waals surface area contributed by atoms with Crippen molar-refractivity contribution < 1.29 is 5.11 Å². The van der Waals surface area contributed by atoms with E-state index in [4.69, 9.17) is 0 Å². The largest absolute Gasteiger partial charge is 0.384 e. The molecule has 2 atom stereocenters. The number of rotatable bonds is 4. The Morgan fingerprint density at radius 3 is 2.24 bits per heavy atom. The van der Waals surface area contributed by atoms with E-state index in [2.05, 4.69) is 30.3 Å². The molecule has 0 aliphatic heterocycles. The molecule has 108 valence electrons. The molecule has 21 heavy (non-hydrogen) atoms. The Morgan fingerprint density at radius 1 is 0.952 bits per heavy atom. The van der Waals surface area contributed by atoms with Crippen LogP contribution in [0.15, 0.2) is 77.7 Å². The van der Waals surface area contributed by atoms with E-state index in [1.54, 1.807) is 11.8 Å². The van der Waals surface area contributed by atoms with Gasteiger partial charge in [0.2, 0.25) is 0 Å². The molecule has 0 saturated carbocycles. The molecule has 2 heteroatoms. The highest BCUT2D eigenvalue weighted by molar-refractivity contribution is 7.99. The van der Waals surface area contributed by atoms with E-state index >= 15 is 0 Å². The normalized spacial score (nSPS) is 22.9. The van der Waals surface area contributed by atoms with Crippen molar-refractivity contribution in [1.82, 2.24) is 0 Å². The first-order valence-electron chi connectivity index (χ1n) is 7.45. The lowest BCUT2D eigenvalue weighted by Crippen LogP contribution is -2.34. The van der Waals surface area contributed by atoms with Gasteiger partial charge in [-0.05, 0) is 37.0 Å². The fourth-order valence-electron chi connectivity index (χ4n) is 2.81. The minimum absolute atomic E-state index is 0.0256. The molecule has 0 fully saturated rings. The van der Waals surface area contributed by atoms with Gasteiger partial charge in [0.1, 0.15) is 0 Å². The minimum atomic E-state index is -0.764. The molecule has 2 aromatic carbocycles. The zero-order valence-electron chi connectivity index (χ0n) is 12.0. The van der Waals surface area contributed by atoms with Crippen LogP contribution in [0.25, 0.3) is 0 Å². The Morgan fingerprint density at radius 2 is 1.62 bits per heavy atom. The van der Waals surface area contributed by atoms with Gasteiger partial charge in [-0.1, -0.05) is 60.7 Å². The van der Waals surface area contributed by atoms with Gasteiger partial charge in [-0.15, -0.1) is 11.8 Å². The van der Waals surface area contributed by atoms with Crippen LogP contribution in [0.2, 0.25) is 0 Å². The Bertz CT molecular complexity index is 593. The van der Waals surface area contributed by atoms with E-state index in [9.17, 15) is 5.11 Å². The minimum Gasteiger partial charge on any atom is -0.384 e. The van der Waals surface area contributed by atoms with Gasteiger partial charge < -0.3 is 5.11 Å². The van der Waals surface area contributed by atoms with E-state index in [0.29, 0.717) is 0 Å². The summed E-state index contributed by atoms with van der Waals surface area (Å²) in [6.45, 7) is 0. The predicted octanol–water partition coefficient (Wildman–Crippen LogP) is 4.99. The average Bonchev–Trinajstić information content (AvgIpc) is 2.55. The van der Waals surface area contributed by atoms with Gasteiger partial charge in [0, 0.05) is 4.90 Å². The van der Waals surface area contributed by atoms with Crippen molar-refractivity contribution in [3.8, 4) is 0 Å². The van der Waals surface area contributed by atoms with Gasteiger partial charge >= 0.3 is 0 Å². The van der Waals surface area contributed by atoms with Gasteiger partial charge in [0.15, 0.2) is 0 Å². The van der Waals surface area contributed by atoms with Crippen LogP contribution in [-0.4, -0.2) is 10.7 Å². The summed E-state index contributed by atoms with van der Waals surface area (Å²) in [5.41, 5.74) is 0.417. The third-order valence-electron chi connectivity index (χ3n) is 3.91. The molecular formula is C19H20OS. The van der Waals surface area contributed by atoms with Crippen molar-refractivity contribution in [2.75, 3.05) is 0 Å². The molecule has 1 aliphatic carbocycles. The third kappa shape index (κ3) is 3.39. The molecule has 0 aromatic heterocycles. The third-order valence-corrected chi connectivity index (χ3v) is 5.37. The summed E-state index contributed by atoms with van der Waals surface area (Å²) >= 11 is 1.75. The Hall–Kier alpha value is -1.51. The summed E-state index contributed by atoms with van der Waals surface area (Å²) in [6, 6.07) is 20.7. The van der Waals surface area contributed by atoms with Crippen molar-refractivity contribution in [2.45, 2.75) is 35.0 Å². The molecule has 0 saturated heterocycles. The Balaban J connectivity index is 1.95. The molecule has 2 aromatic rings. The molecule has 1 nitrogen and oxygen atoms in total. The summed E-state index contributed by atoms with van der Waals surface area (Å²) < 4.78 is 0. The molecule has 0 bridgehead atoms. The van der Waals surface area contributed by atoms with Crippen LogP contribution in [-0.2, 0) is 0 Å². The smallest absolute Gasteiger partial charge is 0.0990 e. The van der Waals surface area contributed by atoms with Crippen LogP contribution in [0.1, 0.15) is 30.1 Å². The maximum Gasteiger partial charge on any atom is 0.0990 e. The van der Waals surface area contributed by atoms with E-state index in [1.165, 1.54) is 10.5 Å². The van der Waals surface area contributed by atoms with Crippen LogP contribution < -0.4 is 0 Å². The second-order valence-electron chi connectivity index (χ2n) is 5.51. The molecule has 0 radical (unpaired) electrons. The quantitative estimate of drug-likeness (QED) is 0.633. The highest BCUT2D eigenvalue weighted by Gasteiger charge is 2.36. The molecule has 0 amide bonds. The summed E-state index contributed by atoms with van der Waals surface area (Å²) in [5, 5.41) is 11.2. The molecule has 2 unspecified atom stereocenters. The second kappa shape index (κ2) is 6.50. The van der Waals surface area contributed by atoms with Crippen LogP contribution >= 0.6 is 11.8 Å². The van der Waals surface area contributed by atoms with E-state index in [1.807, 2.05) is 42.5 Å². The molecule has 1 N–H and O–H groups in total. The first-order chi connectivity index (χ1) is 10.3. The summed E-state index contributed by atoms with van der Waals surface area (Å²) in [7, 11) is 0. The number of allylic oxidation sites excluding steroid dienone is 1. The topological polar surface area (TPSA) is 20.2 Å². The maximum atomic E-state index is 11.1. The van der Waals surface area contributed by atoms with Gasteiger partial charge in [-0.2, -0.15) is 0 Å². The zero-order valence-corrected chi connectivity index (χ0v) is 12.8. The lowest BCUT2D eigenvalue weighted by Gasteiger charge is -2.35. The highest BCUT2D eigenvalue weighted by Crippen LogP contribution is 2.46. The number of aliphatic hydroxyl groups is 1. The predicted molar refractivity (Wildman–Crippen MR) is 89.4 cm³/mol. The van der Waals surface area contributed by atoms with Crippen molar-refractivity contribution in [1.29, 1.82) is 0 Å². The molecule has 0 heterocycles. The summed E-state index contributed by atoms with van der Waals surface area (Å²) in [6.07, 6.45) is 7.06. The van der Waals surface area contributed by atoms with Gasteiger partial charge in [0.05, 0.1) is 10.9 Å². The first kappa shape index (κ1) is 14.4. The standard InChI is InChI=1S/C19H20OS/c20-19(14-8-3-9-15-19)18(16-10-4-1-5-11-16)21-17-12-6-2-7-13-17/h1-2,4-8,10-14,18,20H,3,9,15H2. The van der Waals surface area contributed by atoms with Crippen LogP contribution in [0.3, 0.4) is 0 Å². The molecule has 0 spiro atoms. The van der Waals surface area contributed by atoms with Crippen molar-refractivity contribution >= 4 is 11.8 Å². The molecule has 3 rings (SSSR count). The number of benzene rings is 2. The summed E-state index contributed by atoms with van der Waals surface area (Å²) in [4.78, 5) is 1.19. The Labute approximate surface area is 130 Å².